The lowest BCUT2D eigenvalue weighted by Crippen LogP contribution is -2.27. The highest BCUT2D eigenvalue weighted by molar-refractivity contribution is 5.92. The summed E-state index contributed by atoms with van der Waals surface area (Å²) < 4.78 is 5.31. The van der Waals surface area contributed by atoms with Crippen LogP contribution < -0.4 is 4.74 Å². The maximum Gasteiger partial charge on any atom is 0.246 e. The molecule has 4 heteroatoms. The number of benzene rings is 1. The SMILES string of the molecule is COc1ccc(C)cc1C=CC(=O)N(C)CCc1ccccn1. The van der Waals surface area contributed by atoms with Crippen molar-refractivity contribution in [3.8, 4) is 5.75 Å². The van der Waals surface area contributed by atoms with Crippen molar-refractivity contribution in [3.63, 3.8) is 0 Å². The lowest BCUT2D eigenvalue weighted by Gasteiger charge is -2.14. The number of aryl methyl sites for hydroxylation is 1. The number of pyridine rings is 1. The van der Waals surface area contributed by atoms with Crippen molar-refractivity contribution in [2.75, 3.05) is 20.7 Å². The Labute approximate surface area is 137 Å². The summed E-state index contributed by atoms with van der Waals surface area (Å²) in [5.74, 6) is 0.722. The third kappa shape index (κ3) is 4.95. The lowest BCUT2D eigenvalue weighted by atomic mass is 10.1. The normalized spacial score (nSPS) is 10.7. The fourth-order valence-corrected chi connectivity index (χ4v) is 2.21. The van der Waals surface area contributed by atoms with Gasteiger partial charge < -0.3 is 9.64 Å². The smallest absolute Gasteiger partial charge is 0.246 e. The highest BCUT2D eigenvalue weighted by Crippen LogP contribution is 2.21. The first-order valence-corrected chi connectivity index (χ1v) is 7.58. The van der Waals surface area contributed by atoms with Crippen LogP contribution in [0.1, 0.15) is 16.8 Å². The van der Waals surface area contributed by atoms with E-state index >= 15 is 0 Å². The van der Waals surface area contributed by atoms with Gasteiger partial charge in [-0.3, -0.25) is 9.78 Å². The van der Waals surface area contributed by atoms with E-state index in [0.29, 0.717) is 6.54 Å². The third-order valence-corrected chi connectivity index (χ3v) is 3.60. The molecule has 0 fully saturated rings. The quantitative estimate of drug-likeness (QED) is 0.770. The van der Waals surface area contributed by atoms with Crippen LogP contribution in [0.4, 0.5) is 0 Å². The molecule has 0 atom stereocenters. The number of carbonyl (C=O) groups excluding carboxylic acids is 1. The fraction of sp³-hybridized carbons (Fsp3) is 0.263. The first kappa shape index (κ1) is 16.7. The summed E-state index contributed by atoms with van der Waals surface area (Å²) in [5, 5.41) is 0. The molecular formula is C19H22N2O2. The molecule has 2 aromatic rings. The second-order valence-electron chi connectivity index (χ2n) is 5.41. The molecule has 0 bridgehead atoms. The summed E-state index contributed by atoms with van der Waals surface area (Å²) in [7, 11) is 3.42. The van der Waals surface area contributed by atoms with Gasteiger partial charge in [-0.2, -0.15) is 0 Å². The van der Waals surface area contributed by atoms with Gasteiger partial charge >= 0.3 is 0 Å². The first-order valence-electron chi connectivity index (χ1n) is 7.58. The Morgan fingerprint density at radius 2 is 2.13 bits per heavy atom. The number of hydrogen-bond acceptors (Lipinski definition) is 3. The standard InChI is InChI=1S/C19H22N2O2/c1-15-7-9-18(23-3)16(14-15)8-10-19(22)21(2)13-11-17-6-4-5-12-20-17/h4-10,12,14H,11,13H2,1-3H3. The largest absolute Gasteiger partial charge is 0.496 e. The zero-order valence-electron chi connectivity index (χ0n) is 13.8. The van der Waals surface area contributed by atoms with Crippen LogP contribution in [-0.2, 0) is 11.2 Å². The predicted octanol–water partition coefficient (Wildman–Crippen LogP) is 3.11. The Morgan fingerprint density at radius 3 is 2.83 bits per heavy atom. The van der Waals surface area contributed by atoms with Crippen LogP contribution in [0, 0.1) is 6.92 Å². The monoisotopic (exact) mass is 310 g/mol. The molecule has 0 spiro atoms. The zero-order valence-corrected chi connectivity index (χ0v) is 13.8. The molecule has 0 N–H and O–H groups in total. The fourth-order valence-electron chi connectivity index (χ4n) is 2.21. The second-order valence-corrected chi connectivity index (χ2v) is 5.41. The maximum atomic E-state index is 12.2. The van der Waals surface area contributed by atoms with Crippen LogP contribution in [0.25, 0.3) is 6.08 Å². The Balaban J connectivity index is 1.96. The molecule has 23 heavy (non-hydrogen) atoms. The molecule has 0 saturated carbocycles. The van der Waals surface area contributed by atoms with Gasteiger partial charge in [-0.1, -0.05) is 17.7 Å². The van der Waals surface area contributed by atoms with Crippen LogP contribution in [0.5, 0.6) is 5.75 Å². The highest BCUT2D eigenvalue weighted by atomic mass is 16.5. The van der Waals surface area contributed by atoms with Gasteiger partial charge in [0.25, 0.3) is 0 Å². The van der Waals surface area contributed by atoms with Gasteiger partial charge in [-0.25, -0.2) is 0 Å². The summed E-state index contributed by atoms with van der Waals surface area (Å²) in [6, 6.07) is 11.7. The number of likely N-dealkylation sites (N-methyl/N-ethyl adjacent to an activating group) is 1. The van der Waals surface area contributed by atoms with E-state index < -0.39 is 0 Å². The molecule has 1 aromatic carbocycles. The number of nitrogens with zero attached hydrogens (tertiary/aromatic N) is 2. The van der Waals surface area contributed by atoms with E-state index in [0.717, 1.165) is 29.0 Å². The van der Waals surface area contributed by atoms with Gasteiger partial charge in [-0.05, 0) is 37.3 Å². The van der Waals surface area contributed by atoms with Crippen molar-refractivity contribution >= 4 is 12.0 Å². The first-order chi connectivity index (χ1) is 11.1. The Morgan fingerprint density at radius 1 is 1.30 bits per heavy atom. The molecule has 4 nitrogen and oxygen atoms in total. The highest BCUT2D eigenvalue weighted by Gasteiger charge is 2.06. The number of amides is 1. The minimum Gasteiger partial charge on any atom is -0.496 e. The predicted molar refractivity (Wildman–Crippen MR) is 92.3 cm³/mol. The lowest BCUT2D eigenvalue weighted by molar-refractivity contribution is -0.124. The van der Waals surface area contributed by atoms with Gasteiger partial charge in [0.2, 0.25) is 5.91 Å². The van der Waals surface area contributed by atoms with Crippen molar-refractivity contribution in [1.29, 1.82) is 0 Å². The molecule has 1 aromatic heterocycles. The Hall–Kier alpha value is -2.62. The van der Waals surface area contributed by atoms with Crippen molar-refractivity contribution in [2.45, 2.75) is 13.3 Å². The average molecular weight is 310 g/mol. The van der Waals surface area contributed by atoms with Crippen molar-refractivity contribution in [3.05, 3.63) is 65.5 Å². The summed E-state index contributed by atoms with van der Waals surface area (Å²) in [6.07, 6.45) is 5.88. The Bertz CT molecular complexity index is 681. The van der Waals surface area contributed by atoms with E-state index in [9.17, 15) is 4.79 Å². The summed E-state index contributed by atoms with van der Waals surface area (Å²) >= 11 is 0. The summed E-state index contributed by atoms with van der Waals surface area (Å²) in [4.78, 5) is 18.2. The number of hydrogen-bond donors (Lipinski definition) is 0. The summed E-state index contributed by atoms with van der Waals surface area (Å²) in [6.45, 7) is 2.64. The average Bonchev–Trinajstić information content (AvgIpc) is 2.58. The molecule has 1 amide bonds. The third-order valence-electron chi connectivity index (χ3n) is 3.60. The van der Waals surface area contributed by atoms with E-state index in [1.165, 1.54) is 0 Å². The van der Waals surface area contributed by atoms with E-state index in [-0.39, 0.29) is 5.91 Å². The van der Waals surface area contributed by atoms with Gasteiger partial charge in [0, 0.05) is 43.5 Å². The van der Waals surface area contributed by atoms with Gasteiger partial charge in [0.1, 0.15) is 5.75 Å². The number of carbonyl (C=O) groups is 1. The van der Waals surface area contributed by atoms with Crippen molar-refractivity contribution in [2.24, 2.45) is 0 Å². The second kappa shape index (κ2) is 8.13. The van der Waals surface area contributed by atoms with Crippen LogP contribution in [-0.4, -0.2) is 36.5 Å². The molecule has 0 radical (unpaired) electrons. The molecule has 0 saturated heterocycles. The number of ether oxygens (including phenoxy) is 1. The molecular weight excluding hydrogens is 288 g/mol. The van der Waals surface area contributed by atoms with Gasteiger partial charge in [0.15, 0.2) is 0 Å². The number of rotatable bonds is 6. The van der Waals surface area contributed by atoms with E-state index in [1.54, 1.807) is 37.4 Å². The number of aromatic nitrogens is 1. The zero-order chi connectivity index (χ0) is 16.7. The van der Waals surface area contributed by atoms with E-state index in [4.69, 9.17) is 4.74 Å². The van der Waals surface area contributed by atoms with Gasteiger partial charge in [0.05, 0.1) is 7.11 Å². The molecule has 2 rings (SSSR count). The molecule has 0 aliphatic heterocycles. The van der Waals surface area contributed by atoms with Crippen LogP contribution in [0.15, 0.2) is 48.7 Å². The topological polar surface area (TPSA) is 42.4 Å². The van der Waals surface area contributed by atoms with Crippen LogP contribution >= 0.6 is 0 Å². The van der Waals surface area contributed by atoms with E-state index in [2.05, 4.69) is 4.98 Å². The van der Waals surface area contributed by atoms with Crippen molar-refractivity contribution in [1.82, 2.24) is 9.88 Å². The molecule has 1 heterocycles. The molecule has 0 unspecified atom stereocenters. The van der Waals surface area contributed by atoms with Gasteiger partial charge in [-0.15, -0.1) is 0 Å². The van der Waals surface area contributed by atoms with Crippen LogP contribution in [0.3, 0.4) is 0 Å². The molecule has 120 valence electrons. The minimum absolute atomic E-state index is 0.0375. The minimum atomic E-state index is -0.0375. The van der Waals surface area contributed by atoms with Crippen molar-refractivity contribution < 1.29 is 9.53 Å². The van der Waals surface area contributed by atoms with E-state index in [1.807, 2.05) is 43.3 Å². The van der Waals surface area contributed by atoms with Crippen LogP contribution in [0.2, 0.25) is 0 Å². The maximum absolute atomic E-state index is 12.2. The molecule has 0 aliphatic carbocycles. The summed E-state index contributed by atoms with van der Waals surface area (Å²) in [5.41, 5.74) is 3.01. The number of methoxy groups -OCH3 is 1. The molecule has 0 aliphatic rings. The Kier molecular flexibility index (Phi) is 5.92.